The van der Waals surface area contributed by atoms with E-state index in [1.165, 1.54) is 0 Å². The molecule has 2 rings (SSSR count). The Labute approximate surface area is 89.3 Å². The van der Waals surface area contributed by atoms with Gasteiger partial charge >= 0.3 is 0 Å². The fourth-order valence-electron chi connectivity index (χ4n) is 1.89. The van der Waals surface area contributed by atoms with Crippen LogP contribution in [0.3, 0.4) is 0 Å². The number of hydrogen-bond acceptors (Lipinski definition) is 2. The van der Waals surface area contributed by atoms with Crippen LogP contribution in [0.4, 0.5) is 5.69 Å². The summed E-state index contributed by atoms with van der Waals surface area (Å²) in [6, 6.07) is 7.88. The van der Waals surface area contributed by atoms with Gasteiger partial charge < -0.3 is 10.0 Å². The van der Waals surface area contributed by atoms with Gasteiger partial charge in [-0.1, -0.05) is 12.1 Å². The van der Waals surface area contributed by atoms with E-state index in [4.69, 9.17) is 0 Å². The first-order chi connectivity index (χ1) is 7.16. The standard InChI is InChI=1S/C12H15NO2/c1-9-3-2-4-10(7-9)13-6-5-11(14)8-12(13)15/h2-4,7,11,14H,5-6,8H2,1H3. The highest BCUT2D eigenvalue weighted by Crippen LogP contribution is 2.21. The maximum atomic E-state index is 11.7. The highest BCUT2D eigenvalue weighted by molar-refractivity contribution is 5.94. The SMILES string of the molecule is Cc1cccc(N2CCC(O)CC2=O)c1. The fourth-order valence-corrected chi connectivity index (χ4v) is 1.89. The molecule has 3 nitrogen and oxygen atoms in total. The molecule has 0 bridgehead atoms. The molecule has 1 aliphatic rings. The predicted molar refractivity (Wildman–Crippen MR) is 58.8 cm³/mol. The molecule has 0 radical (unpaired) electrons. The highest BCUT2D eigenvalue weighted by Gasteiger charge is 2.25. The van der Waals surface area contributed by atoms with Gasteiger partial charge in [0.2, 0.25) is 5.91 Å². The van der Waals surface area contributed by atoms with E-state index < -0.39 is 6.10 Å². The van der Waals surface area contributed by atoms with Crippen LogP contribution in [0, 0.1) is 6.92 Å². The number of hydrogen-bond donors (Lipinski definition) is 1. The van der Waals surface area contributed by atoms with E-state index in [0.29, 0.717) is 13.0 Å². The Balaban J connectivity index is 2.20. The van der Waals surface area contributed by atoms with E-state index in [1.807, 2.05) is 31.2 Å². The van der Waals surface area contributed by atoms with Crippen LogP contribution in [0.2, 0.25) is 0 Å². The molecule has 15 heavy (non-hydrogen) atoms. The molecule has 1 atom stereocenters. The normalized spacial score (nSPS) is 21.9. The summed E-state index contributed by atoms with van der Waals surface area (Å²) in [7, 11) is 0. The molecule has 3 heteroatoms. The molecule has 1 aromatic rings. The van der Waals surface area contributed by atoms with E-state index in [9.17, 15) is 9.90 Å². The zero-order valence-corrected chi connectivity index (χ0v) is 8.81. The van der Waals surface area contributed by atoms with E-state index >= 15 is 0 Å². The Morgan fingerprint density at radius 3 is 2.93 bits per heavy atom. The molecule has 1 aromatic carbocycles. The second kappa shape index (κ2) is 4.03. The average Bonchev–Trinajstić information content (AvgIpc) is 2.17. The number of rotatable bonds is 1. The number of anilines is 1. The molecule has 1 N–H and O–H groups in total. The first-order valence-corrected chi connectivity index (χ1v) is 5.22. The summed E-state index contributed by atoms with van der Waals surface area (Å²) >= 11 is 0. The minimum atomic E-state index is -0.460. The lowest BCUT2D eigenvalue weighted by Gasteiger charge is -2.29. The van der Waals surface area contributed by atoms with Crippen molar-refractivity contribution in [2.75, 3.05) is 11.4 Å². The number of aryl methyl sites for hydroxylation is 1. The summed E-state index contributed by atoms with van der Waals surface area (Å²) in [5, 5.41) is 9.35. The van der Waals surface area contributed by atoms with Crippen molar-refractivity contribution in [3.8, 4) is 0 Å². The molecule has 1 aliphatic heterocycles. The maximum absolute atomic E-state index is 11.7. The van der Waals surface area contributed by atoms with Crippen molar-refractivity contribution in [3.63, 3.8) is 0 Å². The summed E-state index contributed by atoms with van der Waals surface area (Å²) in [6.07, 6.45) is 0.451. The second-order valence-electron chi connectivity index (χ2n) is 4.03. The lowest BCUT2D eigenvalue weighted by atomic mass is 10.1. The lowest BCUT2D eigenvalue weighted by molar-refractivity contribution is -0.122. The minimum Gasteiger partial charge on any atom is -0.393 e. The Hall–Kier alpha value is -1.35. The number of aliphatic hydroxyl groups excluding tert-OH is 1. The average molecular weight is 205 g/mol. The molecular formula is C12H15NO2. The monoisotopic (exact) mass is 205 g/mol. The third-order valence-electron chi connectivity index (χ3n) is 2.71. The molecule has 0 spiro atoms. The summed E-state index contributed by atoms with van der Waals surface area (Å²) < 4.78 is 0. The van der Waals surface area contributed by atoms with Crippen molar-refractivity contribution in [2.24, 2.45) is 0 Å². The van der Waals surface area contributed by atoms with Gasteiger partial charge in [-0.15, -0.1) is 0 Å². The van der Waals surface area contributed by atoms with Gasteiger partial charge in [-0.25, -0.2) is 0 Å². The molecule has 1 fully saturated rings. The van der Waals surface area contributed by atoms with E-state index in [1.54, 1.807) is 4.90 Å². The number of benzene rings is 1. The molecular weight excluding hydrogens is 190 g/mol. The molecule has 1 amide bonds. The third-order valence-corrected chi connectivity index (χ3v) is 2.71. The van der Waals surface area contributed by atoms with Crippen LogP contribution in [0.1, 0.15) is 18.4 Å². The molecule has 0 saturated carbocycles. The Kier molecular flexibility index (Phi) is 2.73. The van der Waals surface area contributed by atoms with Crippen LogP contribution in [0.5, 0.6) is 0 Å². The third kappa shape index (κ3) is 2.18. The van der Waals surface area contributed by atoms with Crippen LogP contribution in [0.25, 0.3) is 0 Å². The van der Waals surface area contributed by atoms with Gasteiger partial charge in [-0.05, 0) is 31.0 Å². The first-order valence-electron chi connectivity index (χ1n) is 5.22. The van der Waals surface area contributed by atoms with Crippen molar-refractivity contribution in [1.29, 1.82) is 0 Å². The maximum Gasteiger partial charge on any atom is 0.229 e. The number of carbonyl (C=O) groups excluding carboxylic acids is 1. The number of nitrogens with zero attached hydrogens (tertiary/aromatic N) is 1. The number of amides is 1. The number of aliphatic hydroxyl groups is 1. The first kappa shape index (κ1) is 10.2. The largest absolute Gasteiger partial charge is 0.393 e. The van der Waals surface area contributed by atoms with E-state index in [-0.39, 0.29) is 12.3 Å². The van der Waals surface area contributed by atoms with Gasteiger partial charge in [0.05, 0.1) is 12.5 Å². The second-order valence-corrected chi connectivity index (χ2v) is 4.03. The van der Waals surface area contributed by atoms with Crippen molar-refractivity contribution in [3.05, 3.63) is 29.8 Å². The van der Waals surface area contributed by atoms with Gasteiger partial charge in [0.15, 0.2) is 0 Å². The summed E-state index contributed by atoms with van der Waals surface area (Å²) in [5.41, 5.74) is 2.08. The van der Waals surface area contributed by atoms with E-state index in [0.717, 1.165) is 11.3 Å². The highest BCUT2D eigenvalue weighted by atomic mass is 16.3. The molecule has 1 unspecified atom stereocenters. The molecule has 80 valence electrons. The predicted octanol–water partition coefficient (Wildman–Crippen LogP) is 1.48. The summed E-state index contributed by atoms with van der Waals surface area (Å²) in [4.78, 5) is 13.4. The van der Waals surface area contributed by atoms with Crippen molar-refractivity contribution >= 4 is 11.6 Å². The van der Waals surface area contributed by atoms with Crippen molar-refractivity contribution in [2.45, 2.75) is 25.9 Å². The summed E-state index contributed by atoms with van der Waals surface area (Å²) in [5.74, 6) is 0.0133. The molecule has 0 aliphatic carbocycles. The van der Waals surface area contributed by atoms with Crippen LogP contribution in [-0.2, 0) is 4.79 Å². The van der Waals surface area contributed by atoms with Crippen LogP contribution in [-0.4, -0.2) is 23.7 Å². The quantitative estimate of drug-likeness (QED) is 0.754. The van der Waals surface area contributed by atoms with Gasteiger partial charge in [-0.3, -0.25) is 4.79 Å². The molecule has 0 aromatic heterocycles. The van der Waals surface area contributed by atoms with Gasteiger partial charge in [0, 0.05) is 12.2 Å². The van der Waals surface area contributed by atoms with Crippen molar-refractivity contribution in [1.82, 2.24) is 0 Å². The van der Waals surface area contributed by atoms with Gasteiger partial charge in [0.25, 0.3) is 0 Å². The van der Waals surface area contributed by atoms with Crippen LogP contribution >= 0.6 is 0 Å². The van der Waals surface area contributed by atoms with Crippen molar-refractivity contribution < 1.29 is 9.90 Å². The van der Waals surface area contributed by atoms with Gasteiger partial charge in [-0.2, -0.15) is 0 Å². The number of carbonyl (C=O) groups is 1. The van der Waals surface area contributed by atoms with Crippen LogP contribution < -0.4 is 4.90 Å². The zero-order valence-electron chi connectivity index (χ0n) is 8.81. The Morgan fingerprint density at radius 1 is 1.47 bits per heavy atom. The number of piperidine rings is 1. The van der Waals surface area contributed by atoms with E-state index in [2.05, 4.69) is 0 Å². The lowest BCUT2D eigenvalue weighted by Crippen LogP contribution is -2.40. The topological polar surface area (TPSA) is 40.5 Å². The minimum absolute atomic E-state index is 0.0133. The zero-order chi connectivity index (χ0) is 10.8. The molecule has 1 heterocycles. The summed E-state index contributed by atoms with van der Waals surface area (Å²) in [6.45, 7) is 2.62. The molecule has 1 saturated heterocycles. The Morgan fingerprint density at radius 2 is 2.27 bits per heavy atom. The van der Waals surface area contributed by atoms with Gasteiger partial charge in [0.1, 0.15) is 0 Å². The fraction of sp³-hybridized carbons (Fsp3) is 0.417. The Bertz CT molecular complexity index is 376. The smallest absolute Gasteiger partial charge is 0.229 e. The van der Waals surface area contributed by atoms with Crippen LogP contribution in [0.15, 0.2) is 24.3 Å².